The molecule has 0 radical (unpaired) electrons. The van der Waals surface area contributed by atoms with Gasteiger partial charge in [-0.15, -0.1) is 0 Å². The molecule has 0 fully saturated rings. The lowest BCUT2D eigenvalue weighted by atomic mass is 11.2. The van der Waals surface area contributed by atoms with E-state index in [-0.39, 0.29) is 0 Å². The summed E-state index contributed by atoms with van der Waals surface area (Å²) in [5.74, 6) is 4.61. The maximum atomic E-state index is 4.78. The zero-order chi connectivity index (χ0) is 4.83. The lowest BCUT2D eigenvalue weighted by molar-refractivity contribution is 1.25. The van der Waals surface area contributed by atoms with E-state index in [1.807, 2.05) is 0 Å². The van der Waals surface area contributed by atoms with E-state index in [0.717, 1.165) is 12.7 Å². The zero-order valence-corrected chi connectivity index (χ0v) is 3.20. The van der Waals surface area contributed by atoms with Gasteiger partial charge in [-0.25, -0.2) is 4.99 Å². The molecule has 0 atom stereocenters. The van der Waals surface area contributed by atoms with Crippen LogP contribution >= 0.6 is 0 Å². The monoisotopic (exact) mass is 86.1 g/mol. The highest BCUT2D eigenvalue weighted by molar-refractivity contribution is 5.69. The van der Waals surface area contributed by atoms with Crippen molar-refractivity contribution in [1.29, 1.82) is 0 Å². The van der Waals surface area contributed by atoms with Gasteiger partial charge in [0.1, 0.15) is 6.34 Å². The summed E-state index contributed by atoms with van der Waals surface area (Å²) in [5.41, 5.74) is 4.78. The fourth-order valence-electron chi connectivity index (χ4n) is 0.0770. The molecule has 34 valence electrons. The third-order valence-electron chi connectivity index (χ3n) is 0.219. The molecule has 0 aromatic carbocycles. The van der Waals surface area contributed by atoms with Gasteiger partial charge in [-0.1, -0.05) is 0 Å². The van der Waals surface area contributed by atoms with Crippen LogP contribution in [-0.4, -0.2) is 12.7 Å². The molecule has 0 aliphatic heterocycles. The van der Waals surface area contributed by atoms with Crippen molar-refractivity contribution >= 4 is 12.7 Å². The third kappa shape index (κ3) is 2.94. The zero-order valence-electron chi connectivity index (χ0n) is 3.20. The highest BCUT2D eigenvalue weighted by Crippen LogP contribution is 1.45. The molecule has 0 amide bonds. The van der Waals surface area contributed by atoms with Crippen LogP contribution in [0.4, 0.5) is 0 Å². The maximum absolute atomic E-state index is 4.78. The molecular weight excluding hydrogens is 80.1 g/mol. The van der Waals surface area contributed by atoms with Gasteiger partial charge in [0.2, 0.25) is 0 Å². The molecule has 0 spiro atoms. The Morgan fingerprint density at radius 2 is 2.17 bits per heavy atom. The van der Waals surface area contributed by atoms with Gasteiger partial charge in [-0.05, 0) is 0 Å². The average Bonchev–Trinajstić information content (AvgIpc) is 1.61. The van der Waals surface area contributed by atoms with Crippen LogP contribution in [0.5, 0.6) is 0 Å². The molecule has 0 saturated heterocycles. The van der Waals surface area contributed by atoms with Crippen molar-refractivity contribution in [3.8, 4) is 0 Å². The van der Waals surface area contributed by atoms with E-state index >= 15 is 0 Å². The van der Waals surface area contributed by atoms with Gasteiger partial charge in [0, 0.05) is 0 Å². The Hall–Kier alpha value is -1.06. The van der Waals surface area contributed by atoms with Crippen molar-refractivity contribution in [2.45, 2.75) is 0 Å². The summed E-state index contributed by atoms with van der Waals surface area (Å²) < 4.78 is 0. The summed E-state index contributed by atoms with van der Waals surface area (Å²) >= 11 is 0. The van der Waals surface area contributed by atoms with E-state index in [9.17, 15) is 0 Å². The fourth-order valence-corrected chi connectivity index (χ4v) is 0.0770. The molecule has 4 nitrogen and oxygen atoms in total. The van der Waals surface area contributed by atoms with Crippen LogP contribution in [0.3, 0.4) is 0 Å². The Morgan fingerprint density at radius 3 is 2.33 bits per heavy atom. The Labute approximate surface area is 35.5 Å². The van der Waals surface area contributed by atoms with Crippen LogP contribution in [0.25, 0.3) is 0 Å². The molecule has 0 aliphatic rings. The summed E-state index contributed by atoms with van der Waals surface area (Å²) in [6.45, 7) is 0. The summed E-state index contributed by atoms with van der Waals surface area (Å²) in [7, 11) is 0. The van der Waals surface area contributed by atoms with Crippen LogP contribution < -0.4 is 11.6 Å². The Balaban J connectivity index is 3.07. The predicted molar refractivity (Wildman–Crippen MR) is 25.4 cm³/mol. The summed E-state index contributed by atoms with van der Waals surface area (Å²) in [6.07, 6.45) is 2.26. The molecule has 6 heavy (non-hydrogen) atoms. The van der Waals surface area contributed by atoms with Gasteiger partial charge < -0.3 is 11.6 Å². The lowest BCUT2D eigenvalue weighted by Gasteiger charge is -1.65. The minimum atomic E-state index is 1.11. The number of rotatable bonds is 1. The summed E-state index contributed by atoms with van der Waals surface area (Å²) in [6, 6.07) is 0. The van der Waals surface area contributed by atoms with Gasteiger partial charge in [0.15, 0.2) is 0 Å². The highest BCUT2D eigenvalue weighted by atomic mass is 15.1. The number of hydrogen-bond donors (Lipinski definition) is 2. The normalized spacial score (nSPS) is 11.3. The van der Waals surface area contributed by atoms with E-state index in [4.69, 9.17) is 5.73 Å². The SMILES string of the molecule is NC=N/C=N/N. The van der Waals surface area contributed by atoms with Crippen LogP contribution in [0, 0.1) is 0 Å². The van der Waals surface area contributed by atoms with Gasteiger partial charge in [0.05, 0.1) is 6.34 Å². The van der Waals surface area contributed by atoms with E-state index in [1.165, 1.54) is 0 Å². The lowest BCUT2D eigenvalue weighted by Crippen LogP contribution is -1.88. The van der Waals surface area contributed by atoms with Crippen LogP contribution in [0.2, 0.25) is 0 Å². The van der Waals surface area contributed by atoms with Gasteiger partial charge >= 0.3 is 0 Å². The molecule has 0 aromatic rings. The summed E-state index contributed by atoms with van der Waals surface area (Å²) in [5, 5.41) is 3.02. The minimum absolute atomic E-state index is 1.11. The number of nitrogens with two attached hydrogens (primary N) is 2. The van der Waals surface area contributed by atoms with Crippen molar-refractivity contribution in [2.75, 3.05) is 0 Å². The van der Waals surface area contributed by atoms with Gasteiger partial charge in [-0.3, -0.25) is 0 Å². The third-order valence-corrected chi connectivity index (χ3v) is 0.219. The number of hydrogen-bond acceptors (Lipinski definition) is 2. The highest BCUT2D eigenvalue weighted by Gasteiger charge is 1.48. The van der Waals surface area contributed by atoms with Crippen molar-refractivity contribution in [3.05, 3.63) is 0 Å². The van der Waals surface area contributed by atoms with Crippen LogP contribution in [-0.2, 0) is 0 Å². The summed E-state index contributed by atoms with van der Waals surface area (Å²) in [4.78, 5) is 3.33. The Bertz CT molecular complexity index is 53.9. The molecule has 0 saturated carbocycles. The van der Waals surface area contributed by atoms with E-state index < -0.39 is 0 Å². The van der Waals surface area contributed by atoms with E-state index in [0.29, 0.717) is 0 Å². The Kier molecular flexibility index (Phi) is 3.24. The van der Waals surface area contributed by atoms with Crippen molar-refractivity contribution < 1.29 is 0 Å². The first kappa shape index (κ1) is 4.94. The number of hydrazone groups is 1. The Morgan fingerprint density at radius 1 is 1.50 bits per heavy atom. The second-order valence-electron chi connectivity index (χ2n) is 0.563. The van der Waals surface area contributed by atoms with Crippen molar-refractivity contribution in [1.82, 2.24) is 0 Å². The largest absolute Gasteiger partial charge is 0.390 e. The molecule has 0 aliphatic carbocycles. The molecule has 0 rings (SSSR count). The van der Waals surface area contributed by atoms with Gasteiger partial charge in [0.25, 0.3) is 0 Å². The molecule has 0 unspecified atom stereocenters. The fraction of sp³-hybridized carbons (Fsp3) is 0. The molecular formula is C2H6N4. The van der Waals surface area contributed by atoms with Crippen molar-refractivity contribution in [2.24, 2.45) is 21.7 Å². The standard InChI is InChI=1S/C2H6N4/c3-1-5-2-6-4/h1-2H,4H2,(H2,3,5,6). The van der Waals surface area contributed by atoms with Crippen molar-refractivity contribution in [3.63, 3.8) is 0 Å². The second-order valence-corrected chi connectivity index (χ2v) is 0.563. The van der Waals surface area contributed by atoms with E-state index in [2.05, 4.69) is 15.9 Å². The number of nitrogens with zero attached hydrogens (tertiary/aromatic N) is 2. The predicted octanol–water partition coefficient (Wildman–Crippen LogP) is -1.12. The molecule has 0 aromatic heterocycles. The molecule has 0 bridgehead atoms. The quantitative estimate of drug-likeness (QED) is 0.183. The molecule has 0 heterocycles. The second kappa shape index (κ2) is 3.94. The number of aliphatic imine (C=N–C) groups is 1. The first-order valence-corrected chi connectivity index (χ1v) is 1.37. The smallest absolute Gasteiger partial charge is 0.136 e. The first-order valence-electron chi connectivity index (χ1n) is 1.37. The van der Waals surface area contributed by atoms with Crippen LogP contribution in [0.15, 0.2) is 10.1 Å². The maximum Gasteiger partial charge on any atom is 0.136 e. The first-order chi connectivity index (χ1) is 2.91. The van der Waals surface area contributed by atoms with Crippen LogP contribution in [0.1, 0.15) is 0 Å². The topological polar surface area (TPSA) is 76.8 Å². The minimum Gasteiger partial charge on any atom is -0.390 e. The average molecular weight is 86.1 g/mol. The van der Waals surface area contributed by atoms with Gasteiger partial charge in [-0.2, -0.15) is 5.10 Å². The molecule has 4 N–H and O–H groups in total. The van der Waals surface area contributed by atoms with E-state index in [1.54, 1.807) is 0 Å². The molecule has 4 heteroatoms.